The maximum atomic E-state index is 6.03. The van der Waals surface area contributed by atoms with Crippen molar-refractivity contribution in [3.05, 3.63) is 42.0 Å². The van der Waals surface area contributed by atoms with Gasteiger partial charge in [-0.1, -0.05) is 50.0 Å². The van der Waals surface area contributed by atoms with Crippen LogP contribution in [0.4, 0.5) is 5.69 Å². The summed E-state index contributed by atoms with van der Waals surface area (Å²) in [6.45, 7) is 4.32. The molecule has 0 saturated heterocycles. The first-order valence-electron chi connectivity index (χ1n) is 10.4. The highest BCUT2D eigenvalue weighted by Crippen LogP contribution is 2.19. The average Bonchev–Trinajstić information content (AvgIpc) is 3.12. The van der Waals surface area contributed by atoms with Crippen LogP contribution in [0.5, 0.6) is 0 Å². The van der Waals surface area contributed by atoms with Gasteiger partial charge < -0.3 is 20.3 Å². The van der Waals surface area contributed by atoms with E-state index in [4.69, 9.17) is 4.74 Å². The third kappa shape index (κ3) is 6.58. The number of guanidine groups is 1. The topological polar surface area (TPSA) is 48.9 Å². The normalized spacial score (nSPS) is 18.6. The van der Waals surface area contributed by atoms with E-state index in [9.17, 15) is 0 Å². The molecule has 3 rings (SSSR count). The van der Waals surface area contributed by atoms with Gasteiger partial charge in [-0.05, 0) is 30.5 Å². The van der Waals surface area contributed by atoms with Crippen LogP contribution in [0.15, 0.2) is 41.4 Å². The molecule has 148 valence electrons. The zero-order valence-corrected chi connectivity index (χ0v) is 16.6. The van der Waals surface area contributed by atoms with Crippen LogP contribution in [-0.2, 0) is 11.3 Å². The first kappa shape index (κ1) is 19.7. The lowest BCUT2D eigenvalue weighted by Crippen LogP contribution is -2.38. The van der Waals surface area contributed by atoms with Crippen LogP contribution in [0.1, 0.15) is 44.1 Å². The maximum Gasteiger partial charge on any atom is 0.191 e. The monoisotopic (exact) mass is 370 g/mol. The van der Waals surface area contributed by atoms with Crippen molar-refractivity contribution in [1.29, 1.82) is 0 Å². The van der Waals surface area contributed by atoms with Gasteiger partial charge in [0.1, 0.15) is 0 Å². The SMILES string of the molecule is CN=C(NCCOC1CCCCCC1)NCc1ccc(N2CC=CC2)cc1. The van der Waals surface area contributed by atoms with Crippen LogP contribution in [0.2, 0.25) is 0 Å². The molecule has 2 N–H and O–H groups in total. The first-order chi connectivity index (χ1) is 13.3. The predicted octanol–water partition coefficient (Wildman–Crippen LogP) is 3.47. The summed E-state index contributed by atoms with van der Waals surface area (Å²) < 4.78 is 6.03. The summed E-state index contributed by atoms with van der Waals surface area (Å²) in [5.74, 6) is 0.826. The van der Waals surface area contributed by atoms with E-state index in [0.29, 0.717) is 6.10 Å². The molecule has 1 aliphatic carbocycles. The molecule has 1 heterocycles. The van der Waals surface area contributed by atoms with Crippen LogP contribution in [0, 0.1) is 0 Å². The van der Waals surface area contributed by atoms with Gasteiger partial charge in [0.2, 0.25) is 0 Å². The molecule has 0 amide bonds. The van der Waals surface area contributed by atoms with E-state index >= 15 is 0 Å². The van der Waals surface area contributed by atoms with Crippen LogP contribution in [-0.4, -0.2) is 45.4 Å². The van der Waals surface area contributed by atoms with E-state index in [1.165, 1.54) is 49.8 Å². The van der Waals surface area contributed by atoms with E-state index in [1.807, 2.05) is 7.05 Å². The number of hydrogen-bond acceptors (Lipinski definition) is 3. The molecule has 27 heavy (non-hydrogen) atoms. The fraction of sp³-hybridized carbons (Fsp3) is 0.591. The van der Waals surface area contributed by atoms with E-state index in [1.54, 1.807) is 0 Å². The Bertz CT molecular complexity index is 595. The molecular formula is C22H34N4O. The number of benzene rings is 1. The number of nitrogens with one attached hydrogen (secondary N) is 2. The number of aliphatic imine (C=N–C) groups is 1. The lowest BCUT2D eigenvalue weighted by atomic mass is 10.1. The van der Waals surface area contributed by atoms with Gasteiger partial charge in [0.15, 0.2) is 5.96 Å². The summed E-state index contributed by atoms with van der Waals surface area (Å²) >= 11 is 0. The smallest absolute Gasteiger partial charge is 0.191 e. The van der Waals surface area contributed by atoms with Gasteiger partial charge in [0, 0.05) is 38.9 Å². The van der Waals surface area contributed by atoms with Crippen molar-refractivity contribution in [2.75, 3.05) is 38.2 Å². The fourth-order valence-corrected chi connectivity index (χ4v) is 3.72. The zero-order chi connectivity index (χ0) is 18.7. The van der Waals surface area contributed by atoms with E-state index in [2.05, 4.69) is 56.9 Å². The van der Waals surface area contributed by atoms with E-state index in [0.717, 1.165) is 38.7 Å². The molecule has 5 heteroatoms. The molecule has 1 aromatic rings. The summed E-state index contributed by atoms with van der Waals surface area (Å²) in [4.78, 5) is 6.66. The van der Waals surface area contributed by atoms with E-state index < -0.39 is 0 Å². The highest BCUT2D eigenvalue weighted by atomic mass is 16.5. The Hall–Kier alpha value is -2.01. The largest absolute Gasteiger partial charge is 0.376 e. The first-order valence-corrected chi connectivity index (χ1v) is 10.4. The molecule has 0 aromatic heterocycles. The van der Waals surface area contributed by atoms with Gasteiger partial charge in [0.05, 0.1) is 12.7 Å². The Labute approximate surface area is 163 Å². The van der Waals surface area contributed by atoms with E-state index in [-0.39, 0.29) is 0 Å². The van der Waals surface area contributed by atoms with Gasteiger partial charge in [-0.25, -0.2) is 0 Å². The molecule has 2 aliphatic rings. The number of nitrogens with zero attached hydrogens (tertiary/aromatic N) is 2. The molecule has 0 atom stereocenters. The van der Waals surface area contributed by atoms with Crippen LogP contribution < -0.4 is 15.5 Å². The van der Waals surface area contributed by atoms with Crippen LogP contribution in [0.3, 0.4) is 0 Å². The molecule has 1 aliphatic heterocycles. The highest BCUT2D eigenvalue weighted by molar-refractivity contribution is 5.79. The zero-order valence-electron chi connectivity index (χ0n) is 16.6. The Morgan fingerprint density at radius 3 is 2.41 bits per heavy atom. The highest BCUT2D eigenvalue weighted by Gasteiger charge is 2.12. The number of anilines is 1. The lowest BCUT2D eigenvalue weighted by molar-refractivity contribution is 0.0468. The van der Waals surface area contributed by atoms with Crippen molar-refractivity contribution >= 4 is 11.6 Å². The number of ether oxygens (including phenoxy) is 1. The number of hydrogen-bond donors (Lipinski definition) is 2. The lowest BCUT2D eigenvalue weighted by Gasteiger charge is -2.18. The Morgan fingerprint density at radius 2 is 1.74 bits per heavy atom. The summed E-state index contributed by atoms with van der Waals surface area (Å²) in [6, 6.07) is 8.76. The van der Waals surface area contributed by atoms with Crippen LogP contribution >= 0.6 is 0 Å². The van der Waals surface area contributed by atoms with Gasteiger partial charge in [-0.2, -0.15) is 0 Å². The van der Waals surface area contributed by atoms with Crippen LogP contribution in [0.25, 0.3) is 0 Å². The minimum atomic E-state index is 0.452. The molecule has 5 nitrogen and oxygen atoms in total. The molecule has 0 unspecified atom stereocenters. The summed E-state index contributed by atoms with van der Waals surface area (Å²) in [7, 11) is 1.81. The molecule has 1 saturated carbocycles. The molecule has 0 bridgehead atoms. The second kappa shape index (κ2) is 11.0. The van der Waals surface area contributed by atoms with Crippen molar-refractivity contribution < 1.29 is 4.74 Å². The third-order valence-corrected chi connectivity index (χ3v) is 5.35. The minimum Gasteiger partial charge on any atom is -0.376 e. The van der Waals surface area contributed by atoms with Crippen molar-refractivity contribution in [3.63, 3.8) is 0 Å². The summed E-state index contributed by atoms with van der Waals surface area (Å²) in [6.07, 6.45) is 12.7. The van der Waals surface area contributed by atoms with Gasteiger partial charge in [0.25, 0.3) is 0 Å². The van der Waals surface area contributed by atoms with Crippen molar-refractivity contribution in [2.45, 2.75) is 51.2 Å². The van der Waals surface area contributed by atoms with Crippen molar-refractivity contribution in [1.82, 2.24) is 10.6 Å². The van der Waals surface area contributed by atoms with Gasteiger partial charge in [-0.15, -0.1) is 0 Å². The quantitative estimate of drug-likeness (QED) is 0.254. The molecular weight excluding hydrogens is 336 g/mol. The maximum absolute atomic E-state index is 6.03. The Kier molecular flexibility index (Phi) is 8.03. The summed E-state index contributed by atoms with van der Waals surface area (Å²) in [5, 5.41) is 6.73. The molecule has 1 fully saturated rings. The standard InChI is InChI=1S/C22H34N4O/c1-23-22(24-14-17-27-21-8-4-2-3-5-9-21)25-18-19-10-12-20(13-11-19)26-15-6-7-16-26/h6-7,10-13,21H,2-5,8-9,14-18H2,1H3,(H2,23,24,25). The Morgan fingerprint density at radius 1 is 1.04 bits per heavy atom. The molecule has 1 aromatic carbocycles. The molecule has 0 spiro atoms. The van der Waals surface area contributed by atoms with Crippen molar-refractivity contribution in [2.24, 2.45) is 4.99 Å². The second-order valence-corrected chi connectivity index (χ2v) is 7.38. The second-order valence-electron chi connectivity index (χ2n) is 7.38. The fourth-order valence-electron chi connectivity index (χ4n) is 3.72. The summed E-state index contributed by atoms with van der Waals surface area (Å²) in [5.41, 5.74) is 2.53. The van der Waals surface area contributed by atoms with Gasteiger partial charge >= 0.3 is 0 Å². The van der Waals surface area contributed by atoms with Crippen molar-refractivity contribution in [3.8, 4) is 0 Å². The minimum absolute atomic E-state index is 0.452. The average molecular weight is 371 g/mol. The predicted molar refractivity (Wildman–Crippen MR) is 113 cm³/mol. The third-order valence-electron chi connectivity index (χ3n) is 5.35. The number of rotatable bonds is 7. The molecule has 0 radical (unpaired) electrons. The Balaban J connectivity index is 1.33. The van der Waals surface area contributed by atoms with Gasteiger partial charge in [-0.3, -0.25) is 4.99 Å².